The quantitative estimate of drug-likeness (QED) is 0.237. The number of nitrogens with zero attached hydrogens (tertiary/aromatic N) is 2. The van der Waals surface area contributed by atoms with Gasteiger partial charge in [-0.15, -0.1) is 0 Å². The van der Waals surface area contributed by atoms with Crippen molar-refractivity contribution in [2.75, 3.05) is 20.8 Å². The number of fused-ring (bicyclic) bond motifs is 2. The number of aromatic nitrogens is 1. The highest BCUT2D eigenvalue weighted by molar-refractivity contribution is 7.07. The van der Waals surface area contributed by atoms with Crippen molar-refractivity contribution in [3.05, 3.63) is 132 Å². The summed E-state index contributed by atoms with van der Waals surface area (Å²) in [5, 5.41) is 1.82. The first-order chi connectivity index (χ1) is 20.9. The van der Waals surface area contributed by atoms with Crippen molar-refractivity contribution in [2.24, 2.45) is 4.99 Å². The van der Waals surface area contributed by atoms with Crippen molar-refractivity contribution < 1.29 is 19.0 Å². The number of hydrogen-bond donors (Lipinski definition) is 0. The average Bonchev–Trinajstić information content (AvgIpc) is 3.34. The number of methoxy groups -OCH3 is 2. The second-order valence-electron chi connectivity index (χ2n) is 10.1. The van der Waals surface area contributed by atoms with E-state index in [0.717, 1.165) is 33.2 Å². The van der Waals surface area contributed by atoms with Crippen molar-refractivity contribution in [1.29, 1.82) is 0 Å². The number of aryl methyl sites for hydroxylation is 1. The minimum Gasteiger partial charge on any atom is -0.496 e. The Balaban J connectivity index is 1.72. The van der Waals surface area contributed by atoms with Gasteiger partial charge in [-0.05, 0) is 60.0 Å². The summed E-state index contributed by atoms with van der Waals surface area (Å²) in [7, 11) is 3.22. The lowest BCUT2D eigenvalue weighted by Gasteiger charge is -2.28. The number of carbonyl (C=O) groups excluding carboxylic acids is 1. The Hall–Kier alpha value is -4.95. The summed E-state index contributed by atoms with van der Waals surface area (Å²) in [6.45, 7) is 3.90. The second kappa shape index (κ2) is 11.7. The number of benzene rings is 4. The summed E-state index contributed by atoms with van der Waals surface area (Å²) in [5.41, 5.74) is 3.74. The van der Waals surface area contributed by atoms with E-state index in [1.54, 1.807) is 25.7 Å². The lowest BCUT2D eigenvalue weighted by atomic mass is 9.89. The zero-order valence-electron chi connectivity index (χ0n) is 24.3. The minimum absolute atomic E-state index is 0.172. The van der Waals surface area contributed by atoms with Crippen LogP contribution in [0.4, 0.5) is 0 Å². The third-order valence-electron chi connectivity index (χ3n) is 7.51. The van der Waals surface area contributed by atoms with Gasteiger partial charge in [-0.25, -0.2) is 9.79 Å². The summed E-state index contributed by atoms with van der Waals surface area (Å²) < 4.78 is 19.0. The number of hydrogen-bond acceptors (Lipinski definition) is 7. The molecule has 0 saturated heterocycles. The summed E-state index contributed by atoms with van der Waals surface area (Å²) in [5.74, 6) is 0.790. The Kier molecular flexibility index (Phi) is 7.69. The van der Waals surface area contributed by atoms with E-state index >= 15 is 0 Å². The topological polar surface area (TPSA) is 79.1 Å². The molecule has 7 nitrogen and oxygen atoms in total. The van der Waals surface area contributed by atoms with Gasteiger partial charge < -0.3 is 14.2 Å². The van der Waals surface area contributed by atoms with Crippen molar-refractivity contribution in [3.63, 3.8) is 0 Å². The SMILES string of the molecule is CCOC(=O)C1=C(c2ccccc2)N=c2s/c(=C/c3ccc(OC)c(C)c3)c(=O)n2[C@H]1c1c(OC)ccc2ccccc12. The van der Waals surface area contributed by atoms with E-state index in [0.29, 0.717) is 26.3 Å². The summed E-state index contributed by atoms with van der Waals surface area (Å²) in [6, 6.07) is 26.2. The molecule has 2 heterocycles. The number of ether oxygens (including phenoxy) is 3. The van der Waals surface area contributed by atoms with Crippen LogP contribution in [0.3, 0.4) is 0 Å². The molecule has 0 aliphatic carbocycles. The lowest BCUT2D eigenvalue weighted by molar-refractivity contribution is -0.138. The predicted octanol–water partition coefficient (Wildman–Crippen LogP) is 5.41. The van der Waals surface area contributed by atoms with Crippen LogP contribution in [0.25, 0.3) is 22.5 Å². The monoisotopic (exact) mass is 590 g/mol. The molecule has 4 aromatic carbocycles. The second-order valence-corrected chi connectivity index (χ2v) is 11.1. The normalized spacial score (nSPS) is 14.8. The van der Waals surface area contributed by atoms with E-state index in [1.165, 1.54) is 11.3 Å². The highest BCUT2D eigenvalue weighted by atomic mass is 32.1. The van der Waals surface area contributed by atoms with Crippen LogP contribution >= 0.6 is 11.3 Å². The Labute approximate surface area is 252 Å². The molecule has 5 aromatic rings. The third kappa shape index (κ3) is 5.04. The molecule has 0 N–H and O–H groups in total. The van der Waals surface area contributed by atoms with Crippen LogP contribution < -0.4 is 24.4 Å². The Morgan fingerprint density at radius 3 is 2.40 bits per heavy atom. The van der Waals surface area contributed by atoms with Crippen molar-refractivity contribution >= 4 is 39.9 Å². The van der Waals surface area contributed by atoms with Crippen molar-refractivity contribution in [1.82, 2.24) is 4.57 Å². The van der Waals surface area contributed by atoms with Gasteiger partial charge in [-0.3, -0.25) is 9.36 Å². The summed E-state index contributed by atoms with van der Waals surface area (Å²) in [6.07, 6.45) is 1.85. The van der Waals surface area contributed by atoms with E-state index in [2.05, 4.69) is 0 Å². The highest BCUT2D eigenvalue weighted by Gasteiger charge is 2.37. The lowest BCUT2D eigenvalue weighted by Crippen LogP contribution is -2.40. The van der Waals surface area contributed by atoms with E-state index in [4.69, 9.17) is 19.2 Å². The van der Waals surface area contributed by atoms with Crippen LogP contribution in [0, 0.1) is 6.92 Å². The first kappa shape index (κ1) is 28.2. The van der Waals surface area contributed by atoms with Crippen LogP contribution in [0.5, 0.6) is 11.5 Å². The van der Waals surface area contributed by atoms with E-state index in [9.17, 15) is 9.59 Å². The molecule has 1 aliphatic heterocycles. The van der Waals surface area contributed by atoms with Gasteiger partial charge in [0.05, 0.1) is 36.6 Å². The van der Waals surface area contributed by atoms with Crippen LogP contribution in [-0.2, 0) is 9.53 Å². The Morgan fingerprint density at radius 1 is 0.953 bits per heavy atom. The maximum atomic E-state index is 14.4. The molecule has 0 spiro atoms. The van der Waals surface area contributed by atoms with E-state index < -0.39 is 12.0 Å². The van der Waals surface area contributed by atoms with Crippen LogP contribution in [0.15, 0.2) is 100 Å². The molecule has 43 heavy (non-hydrogen) atoms. The molecular formula is C35H30N2O5S. The smallest absolute Gasteiger partial charge is 0.338 e. The molecular weight excluding hydrogens is 560 g/mol. The predicted molar refractivity (Wildman–Crippen MR) is 169 cm³/mol. The van der Waals surface area contributed by atoms with Gasteiger partial charge in [0.15, 0.2) is 4.80 Å². The molecule has 1 aromatic heterocycles. The molecule has 6 rings (SSSR count). The molecule has 0 saturated carbocycles. The molecule has 8 heteroatoms. The molecule has 0 bridgehead atoms. The third-order valence-corrected chi connectivity index (χ3v) is 8.50. The van der Waals surface area contributed by atoms with Crippen molar-refractivity contribution in [3.8, 4) is 11.5 Å². The molecule has 1 atom stereocenters. The zero-order valence-corrected chi connectivity index (χ0v) is 25.1. The fourth-order valence-electron chi connectivity index (χ4n) is 5.59. The number of thiazole rings is 1. The molecule has 0 fully saturated rings. The van der Waals surface area contributed by atoms with Gasteiger partial charge in [-0.2, -0.15) is 0 Å². The Bertz CT molecular complexity index is 2080. The molecule has 216 valence electrons. The van der Waals surface area contributed by atoms with Crippen molar-refractivity contribution in [2.45, 2.75) is 19.9 Å². The summed E-state index contributed by atoms with van der Waals surface area (Å²) >= 11 is 1.29. The number of carbonyl (C=O) groups is 1. The first-order valence-electron chi connectivity index (χ1n) is 13.9. The van der Waals surface area contributed by atoms with Crippen LogP contribution in [0.2, 0.25) is 0 Å². The molecule has 0 amide bonds. The van der Waals surface area contributed by atoms with E-state index in [1.807, 2.05) is 97.9 Å². The molecule has 1 aliphatic rings. The van der Waals surface area contributed by atoms with Gasteiger partial charge in [0, 0.05) is 11.1 Å². The van der Waals surface area contributed by atoms with Gasteiger partial charge >= 0.3 is 5.97 Å². The summed E-state index contributed by atoms with van der Waals surface area (Å²) in [4.78, 5) is 33.7. The minimum atomic E-state index is -0.855. The van der Waals surface area contributed by atoms with Gasteiger partial charge in [0.1, 0.15) is 17.5 Å². The standard InChI is InChI=1S/C35H30N2O5S/c1-5-42-34(39)30-31(24-12-7-6-8-13-24)36-35-37(32(30)29-25-14-10-9-11-23(25)16-18-27(29)41-4)33(38)28(43-35)20-22-15-17-26(40-3)21(2)19-22/h6-20,32H,5H2,1-4H3/b28-20+/t32-/m0/s1. The van der Waals surface area contributed by atoms with Crippen LogP contribution in [0.1, 0.15) is 35.2 Å². The first-order valence-corrected chi connectivity index (χ1v) is 14.8. The largest absolute Gasteiger partial charge is 0.496 e. The fraction of sp³-hybridized carbons (Fsp3) is 0.171. The maximum absolute atomic E-state index is 14.4. The van der Waals surface area contributed by atoms with Gasteiger partial charge in [0.25, 0.3) is 5.56 Å². The number of rotatable bonds is 7. The van der Waals surface area contributed by atoms with E-state index in [-0.39, 0.29) is 17.7 Å². The highest BCUT2D eigenvalue weighted by Crippen LogP contribution is 2.42. The zero-order chi connectivity index (χ0) is 30.1. The van der Waals surface area contributed by atoms with Crippen LogP contribution in [-0.4, -0.2) is 31.4 Å². The number of esters is 1. The molecule has 0 radical (unpaired) electrons. The fourth-order valence-corrected chi connectivity index (χ4v) is 6.59. The van der Waals surface area contributed by atoms with Gasteiger partial charge in [0.2, 0.25) is 0 Å². The maximum Gasteiger partial charge on any atom is 0.338 e. The van der Waals surface area contributed by atoms with Gasteiger partial charge in [-0.1, -0.05) is 78.1 Å². The Morgan fingerprint density at radius 2 is 1.67 bits per heavy atom. The average molecular weight is 591 g/mol. The molecule has 0 unspecified atom stereocenters.